The Morgan fingerprint density at radius 1 is 0.969 bits per heavy atom. The van der Waals surface area contributed by atoms with Crippen LogP contribution in [-0.2, 0) is 16.0 Å². The molecule has 1 aliphatic heterocycles. The fourth-order valence-electron chi connectivity index (χ4n) is 6.15. The number of rotatable bonds is 9. The molecule has 2 aliphatic carbocycles. The number of nitrogens with one attached hydrogen (secondary N) is 1. The van der Waals surface area contributed by atoms with Crippen molar-refractivity contribution in [2.24, 2.45) is 5.92 Å². The molecular weight excluding hydrogens is 416 g/mol. The summed E-state index contributed by atoms with van der Waals surface area (Å²) in [7, 11) is 0. The van der Waals surface area contributed by atoms with Crippen molar-refractivity contribution in [3.05, 3.63) is 22.4 Å². The van der Waals surface area contributed by atoms with E-state index in [4.69, 9.17) is 0 Å². The predicted molar refractivity (Wildman–Crippen MR) is 132 cm³/mol. The van der Waals surface area contributed by atoms with Crippen LogP contribution in [0.4, 0.5) is 0 Å². The summed E-state index contributed by atoms with van der Waals surface area (Å²) < 4.78 is 0. The van der Waals surface area contributed by atoms with Crippen molar-refractivity contribution in [1.29, 1.82) is 0 Å². The third-order valence-corrected chi connectivity index (χ3v) is 8.93. The van der Waals surface area contributed by atoms with Gasteiger partial charge in [0.15, 0.2) is 5.78 Å². The fraction of sp³-hybridized carbons (Fsp3) is 0.778. The van der Waals surface area contributed by atoms with Gasteiger partial charge in [0.1, 0.15) is 0 Å². The molecule has 0 bridgehead atoms. The molecule has 32 heavy (non-hydrogen) atoms. The van der Waals surface area contributed by atoms with E-state index < -0.39 is 0 Å². The number of amides is 1. The summed E-state index contributed by atoms with van der Waals surface area (Å²) in [6.07, 6.45) is 18.0. The molecule has 3 fully saturated rings. The van der Waals surface area contributed by atoms with Crippen LogP contribution in [0.3, 0.4) is 0 Å². The molecule has 1 N–H and O–H groups in total. The van der Waals surface area contributed by atoms with E-state index in [0.717, 1.165) is 38.6 Å². The zero-order chi connectivity index (χ0) is 22.2. The molecular formula is C27H42N2O2S. The van der Waals surface area contributed by atoms with E-state index in [-0.39, 0.29) is 23.8 Å². The Kier molecular flexibility index (Phi) is 9.21. The number of ketones is 1. The Balaban J connectivity index is 1.42. The molecule has 0 unspecified atom stereocenters. The number of Topliss-reactive ketones (excluding diaryl/α,β-unsaturated/α-hetero) is 1. The Morgan fingerprint density at radius 3 is 2.41 bits per heavy atom. The molecule has 1 amide bonds. The molecule has 5 heteroatoms. The van der Waals surface area contributed by atoms with E-state index >= 15 is 0 Å². The summed E-state index contributed by atoms with van der Waals surface area (Å²) >= 11 is 1.72. The van der Waals surface area contributed by atoms with Gasteiger partial charge in [0, 0.05) is 23.9 Å². The summed E-state index contributed by atoms with van der Waals surface area (Å²) in [6, 6.07) is 4.31. The monoisotopic (exact) mass is 458 g/mol. The fourth-order valence-corrected chi connectivity index (χ4v) is 6.86. The lowest BCUT2D eigenvalue weighted by atomic mass is 9.83. The van der Waals surface area contributed by atoms with E-state index in [0.29, 0.717) is 18.4 Å². The van der Waals surface area contributed by atoms with Crippen LogP contribution in [0.5, 0.6) is 0 Å². The highest BCUT2D eigenvalue weighted by atomic mass is 32.1. The average molecular weight is 459 g/mol. The minimum atomic E-state index is -0.210. The maximum atomic E-state index is 13.9. The smallest absolute Gasteiger partial charge is 0.240 e. The second kappa shape index (κ2) is 12.3. The van der Waals surface area contributed by atoms with Gasteiger partial charge in [-0.1, -0.05) is 57.4 Å². The van der Waals surface area contributed by atoms with Gasteiger partial charge in [-0.3, -0.25) is 9.59 Å². The Morgan fingerprint density at radius 2 is 1.69 bits per heavy atom. The van der Waals surface area contributed by atoms with E-state index in [2.05, 4.69) is 16.8 Å². The molecule has 0 aromatic carbocycles. The largest absolute Gasteiger partial charge is 0.331 e. The van der Waals surface area contributed by atoms with Crippen LogP contribution in [-0.4, -0.2) is 41.3 Å². The minimum absolute atomic E-state index is 0.105. The third kappa shape index (κ3) is 6.66. The van der Waals surface area contributed by atoms with E-state index in [1.807, 2.05) is 11.0 Å². The first-order valence-corrected chi connectivity index (χ1v) is 14.2. The maximum absolute atomic E-state index is 13.9. The van der Waals surface area contributed by atoms with Gasteiger partial charge in [0.05, 0.1) is 12.1 Å². The number of hydrogen-bond donors (Lipinski definition) is 1. The first kappa shape index (κ1) is 23.9. The van der Waals surface area contributed by atoms with Crippen LogP contribution in [0.15, 0.2) is 17.5 Å². The minimum Gasteiger partial charge on any atom is -0.331 e. The summed E-state index contributed by atoms with van der Waals surface area (Å²) in [5.74, 6) is 1.14. The number of piperidine rings is 1. The molecule has 0 spiro atoms. The molecule has 1 saturated heterocycles. The van der Waals surface area contributed by atoms with Crippen molar-refractivity contribution < 1.29 is 9.59 Å². The SMILES string of the molecule is O=C(CCc1cccs1)[C@@H]1CCCCN1C(=O)[C@@H](CC1CCCCC1)NC1CCCCC1. The second-order valence-corrected chi connectivity index (χ2v) is 11.4. The van der Waals surface area contributed by atoms with Crippen LogP contribution in [0.25, 0.3) is 0 Å². The molecule has 4 rings (SSSR count). The van der Waals surface area contributed by atoms with Crippen LogP contribution in [0.1, 0.15) is 101 Å². The van der Waals surface area contributed by atoms with Crippen LogP contribution in [0, 0.1) is 5.92 Å². The molecule has 0 radical (unpaired) electrons. The van der Waals surface area contributed by atoms with Gasteiger partial charge in [-0.15, -0.1) is 11.3 Å². The van der Waals surface area contributed by atoms with Crippen LogP contribution >= 0.6 is 11.3 Å². The second-order valence-electron chi connectivity index (χ2n) is 10.4. The summed E-state index contributed by atoms with van der Waals surface area (Å²) in [5.41, 5.74) is 0. The van der Waals surface area contributed by atoms with Gasteiger partial charge in [-0.05, 0) is 62.3 Å². The lowest BCUT2D eigenvalue weighted by Crippen LogP contribution is -2.56. The molecule has 2 heterocycles. The Bertz CT molecular complexity index is 687. The predicted octanol–water partition coefficient (Wildman–Crippen LogP) is 5.89. The number of carbonyl (C=O) groups is 2. The van der Waals surface area contributed by atoms with Crippen molar-refractivity contribution in [1.82, 2.24) is 10.2 Å². The summed E-state index contributed by atoms with van der Waals surface area (Å²) in [4.78, 5) is 30.4. The Labute approximate surface area is 198 Å². The highest BCUT2D eigenvalue weighted by molar-refractivity contribution is 7.09. The highest BCUT2D eigenvalue weighted by Crippen LogP contribution is 2.30. The van der Waals surface area contributed by atoms with Gasteiger partial charge < -0.3 is 10.2 Å². The first-order valence-electron chi connectivity index (χ1n) is 13.3. The van der Waals surface area contributed by atoms with Crippen molar-refractivity contribution in [3.63, 3.8) is 0 Å². The number of thiophene rings is 1. The number of nitrogens with zero attached hydrogens (tertiary/aromatic N) is 1. The molecule has 2 saturated carbocycles. The molecule has 2 atom stereocenters. The summed E-state index contributed by atoms with van der Waals surface area (Å²) in [6.45, 7) is 0.752. The zero-order valence-electron chi connectivity index (χ0n) is 19.7. The van der Waals surface area contributed by atoms with E-state index in [1.54, 1.807) is 11.3 Å². The van der Waals surface area contributed by atoms with Crippen LogP contribution in [0.2, 0.25) is 0 Å². The normalized spacial score (nSPS) is 24.4. The van der Waals surface area contributed by atoms with Gasteiger partial charge in [0.25, 0.3) is 0 Å². The molecule has 3 aliphatic rings. The maximum Gasteiger partial charge on any atom is 0.240 e. The van der Waals surface area contributed by atoms with Gasteiger partial charge >= 0.3 is 0 Å². The standard InChI is InChI=1S/C27H42N2O2S/c30-26(17-16-23-14-9-19-32-23)25-15-7-8-18-29(25)27(31)24(20-21-10-3-1-4-11-21)28-22-12-5-2-6-13-22/h9,14,19,21-22,24-25,28H,1-8,10-13,15-18,20H2/t24-,25+/m1/s1. The van der Waals surface area contributed by atoms with Crippen molar-refractivity contribution >= 4 is 23.0 Å². The van der Waals surface area contributed by atoms with E-state index in [9.17, 15) is 9.59 Å². The molecule has 178 valence electrons. The van der Waals surface area contributed by atoms with Crippen molar-refractivity contribution in [3.8, 4) is 0 Å². The quantitative estimate of drug-likeness (QED) is 0.502. The van der Waals surface area contributed by atoms with Crippen LogP contribution < -0.4 is 5.32 Å². The number of hydrogen-bond acceptors (Lipinski definition) is 4. The lowest BCUT2D eigenvalue weighted by molar-refractivity contribution is -0.143. The Hall–Kier alpha value is -1.20. The third-order valence-electron chi connectivity index (χ3n) is 7.99. The summed E-state index contributed by atoms with van der Waals surface area (Å²) in [5, 5.41) is 5.89. The molecule has 4 nitrogen and oxygen atoms in total. The number of aryl methyl sites for hydroxylation is 1. The van der Waals surface area contributed by atoms with Gasteiger partial charge in [-0.2, -0.15) is 0 Å². The van der Waals surface area contributed by atoms with E-state index in [1.165, 1.54) is 69.1 Å². The zero-order valence-corrected chi connectivity index (χ0v) is 20.6. The highest BCUT2D eigenvalue weighted by Gasteiger charge is 2.37. The molecule has 1 aromatic heterocycles. The molecule has 1 aromatic rings. The first-order chi connectivity index (χ1) is 15.7. The van der Waals surface area contributed by atoms with Crippen molar-refractivity contribution in [2.45, 2.75) is 121 Å². The average Bonchev–Trinajstić information content (AvgIpc) is 3.37. The van der Waals surface area contributed by atoms with Gasteiger partial charge in [0.2, 0.25) is 5.91 Å². The number of carbonyl (C=O) groups excluding carboxylic acids is 2. The lowest BCUT2D eigenvalue weighted by Gasteiger charge is -2.39. The van der Waals surface area contributed by atoms with Gasteiger partial charge in [-0.25, -0.2) is 0 Å². The topological polar surface area (TPSA) is 49.4 Å². The van der Waals surface area contributed by atoms with Crippen molar-refractivity contribution in [2.75, 3.05) is 6.54 Å². The number of likely N-dealkylation sites (tertiary alicyclic amines) is 1.